The van der Waals surface area contributed by atoms with Crippen molar-refractivity contribution in [1.29, 1.82) is 5.26 Å². The summed E-state index contributed by atoms with van der Waals surface area (Å²) in [5, 5.41) is 21.3. The van der Waals surface area contributed by atoms with E-state index in [-0.39, 0.29) is 12.6 Å². The summed E-state index contributed by atoms with van der Waals surface area (Å²) in [6.07, 6.45) is 0. The summed E-state index contributed by atoms with van der Waals surface area (Å²) in [4.78, 5) is 13.6. The van der Waals surface area contributed by atoms with Gasteiger partial charge in [-0.3, -0.25) is 0 Å². The van der Waals surface area contributed by atoms with Gasteiger partial charge in [-0.1, -0.05) is 12.1 Å². The van der Waals surface area contributed by atoms with Gasteiger partial charge in [-0.05, 0) is 38.5 Å². The molecule has 0 fully saturated rings. The van der Waals surface area contributed by atoms with Gasteiger partial charge in [0.1, 0.15) is 0 Å². The lowest BCUT2D eigenvalue weighted by molar-refractivity contribution is 0.0480. The van der Waals surface area contributed by atoms with E-state index in [4.69, 9.17) is 5.26 Å². The molecule has 5 nitrogen and oxygen atoms in total. The highest BCUT2D eigenvalue weighted by atomic mass is 16.3. The van der Waals surface area contributed by atoms with Crippen LogP contribution in [0.1, 0.15) is 31.9 Å². The zero-order chi connectivity index (χ0) is 15.2. The van der Waals surface area contributed by atoms with Crippen LogP contribution in [0.3, 0.4) is 0 Å². The number of urea groups is 1. The van der Waals surface area contributed by atoms with Gasteiger partial charge < -0.3 is 15.3 Å². The number of nitrogens with zero attached hydrogens (tertiary/aromatic N) is 2. The molecule has 2 N–H and O–H groups in total. The van der Waals surface area contributed by atoms with Crippen molar-refractivity contribution in [3.63, 3.8) is 0 Å². The lowest BCUT2D eigenvalue weighted by Gasteiger charge is -2.28. The molecule has 1 rings (SSSR count). The summed E-state index contributed by atoms with van der Waals surface area (Å²) in [6, 6.07) is 8.90. The average molecular weight is 275 g/mol. The van der Waals surface area contributed by atoms with Crippen LogP contribution in [0.5, 0.6) is 0 Å². The molecule has 0 atom stereocenters. The Morgan fingerprint density at radius 2 is 2.00 bits per heavy atom. The fraction of sp³-hybridized carbons (Fsp3) is 0.467. The molecule has 0 aliphatic carbocycles. The predicted octanol–water partition coefficient (Wildman–Crippen LogP) is 1.86. The SMILES string of the molecule is CCN(CC(C)(C)O)C(=O)NCc1ccc(C#N)cc1. The number of hydrogen-bond donors (Lipinski definition) is 2. The first-order valence-electron chi connectivity index (χ1n) is 6.60. The highest BCUT2D eigenvalue weighted by molar-refractivity contribution is 5.74. The Kier molecular flexibility index (Phi) is 5.53. The minimum absolute atomic E-state index is 0.209. The second-order valence-corrected chi connectivity index (χ2v) is 5.29. The van der Waals surface area contributed by atoms with Crippen molar-refractivity contribution >= 4 is 6.03 Å². The fourth-order valence-corrected chi connectivity index (χ4v) is 1.78. The van der Waals surface area contributed by atoms with Crippen LogP contribution in [0.4, 0.5) is 4.79 Å². The van der Waals surface area contributed by atoms with E-state index in [0.717, 1.165) is 5.56 Å². The molecule has 20 heavy (non-hydrogen) atoms. The first-order valence-corrected chi connectivity index (χ1v) is 6.60. The van der Waals surface area contributed by atoms with Crippen molar-refractivity contribution < 1.29 is 9.90 Å². The van der Waals surface area contributed by atoms with Crippen LogP contribution < -0.4 is 5.32 Å². The largest absolute Gasteiger partial charge is 0.389 e. The van der Waals surface area contributed by atoms with E-state index in [9.17, 15) is 9.90 Å². The summed E-state index contributed by atoms with van der Waals surface area (Å²) >= 11 is 0. The number of benzene rings is 1. The number of hydrogen-bond acceptors (Lipinski definition) is 3. The number of carbonyl (C=O) groups excluding carboxylic acids is 1. The maximum atomic E-state index is 12.0. The number of aliphatic hydroxyl groups is 1. The Morgan fingerprint density at radius 1 is 1.40 bits per heavy atom. The number of nitrogens with one attached hydrogen (secondary N) is 1. The molecule has 5 heteroatoms. The minimum Gasteiger partial charge on any atom is -0.389 e. The van der Waals surface area contributed by atoms with Crippen LogP contribution in [-0.4, -0.2) is 34.7 Å². The Balaban J connectivity index is 2.54. The molecule has 0 aliphatic rings. The van der Waals surface area contributed by atoms with E-state index in [0.29, 0.717) is 18.7 Å². The van der Waals surface area contributed by atoms with Crippen molar-refractivity contribution in [2.75, 3.05) is 13.1 Å². The summed E-state index contributed by atoms with van der Waals surface area (Å²) in [7, 11) is 0. The Labute approximate surface area is 119 Å². The van der Waals surface area contributed by atoms with Gasteiger partial charge in [0.05, 0.1) is 23.8 Å². The highest BCUT2D eigenvalue weighted by Gasteiger charge is 2.20. The molecule has 1 aromatic carbocycles. The van der Waals surface area contributed by atoms with Gasteiger partial charge in [0.25, 0.3) is 0 Å². The third kappa shape index (κ3) is 5.29. The number of rotatable bonds is 5. The minimum atomic E-state index is -0.915. The smallest absolute Gasteiger partial charge is 0.317 e. The van der Waals surface area contributed by atoms with E-state index < -0.39 is 5.60 Å². The van der Waals surface area contributed by atoms with Gasteiger partial charge in [-0.25, -0.2) is 4.79 Å². The zero-order valence-corrected chi connectivity index (χ0v) is 12.2. The molecular weight excluding hydrogens is 254 g/mol. The maximum absolute atomic E-state index is 12.0. The Morgan fingerprint density at radius 3 is 2.45 bits per heavy atom. The average Bonchev–Trinajstić information content (AvgIpc) is 2.41. The molecule has 0 bridgehead atoms. The monoisotopic (exact) mass is 275 g/mol. The van der Waals surface area contributed by atoms with Crippen LogP contribution in [0.15, 0.2) is 24.3 Å². The van der Waals surface area contributed by atoms with E-state index in [1.165, 1.54) is 0 Å². The molecule has 0 radical (unpaired) electrons. The molecule has 1 aromatic rings. The molecule has 2 amide bonds. The van der Waals surface area contributed by atoms with Gasteiger partial charge in [0.15, 0.2) is 0 Å². The van der Waals surface area contributed by atoms with E-state index >= 15 is 0 Å². The summed E-state index contributed by atoms with van der Waals surface area (Å²) in [5.41, 5.74) is 0.607. The van der Waals surface area contributed by atoms with Gasteiger partial charge in [-0.15, -0.1) is 0 Å². The van der Waals surface area contributed by atoms with Crippen molar-refractivity contribution in [3.8, 4) is 6.07 Å². The standard InChI is InChI=1S/C15H21N3O2/c1-4-18(11-15(2,3)20)14(19)17-10-13-7-5-12(9-16)6-8-13/h5-8,20H,4,10-11H2,1-3H3,(H,17,19). The fourth-order valence-electron chi connectivity index (χ4n) is 1.78. The number of likely N-dealkylation sites (N-methyl/N-ethyl adjacent to an activating group) is 1. The molecule has 0 heterocycles. The van der Waals surface area contributed by atoms with Crippen LogP contribution in [0, 0.1) is 11.3 Å². The van der Waals surface area contributed by atoms with Crippen LogP contribution in [-0.2, 0) is 6.54 Å². The van der Waals surface area contributed by atoms with Crippen molar-refractivity contribution in [2.45, 2.75) is 32.9 Å². The quantitative estimate of drug-likeness (QED) is 0.861. The molecule has 0 unspecified atom stereocenters. The van der Waals surface area contributed by atoms with Gasteiger partial charge >= 0.3 is 6.03 Å². The normalized spacial score (nSPS) is 10.8. The zero-order valence-electron chi connectivity index (χ0n) is 12.2. The number of amides is 2. The van der Waals surface area contributed by atoms with Gasteiger partial charge in [-0.2, -0.15) is 5.26 Å². The van der Waals surface area contributed by atoms with E-state index in [2.05, 4.69) is 5.32 Å². The first-order chi connectivity index (χ1) is 9.35. The third-order valence-corrected chi connectivity index (χ3v) is 2.77. The molecular formula is C15H21N3O2. The predicted molar refractivity (Wildman–Crippen MR) is 76.9 cm³/mol. The highest BCUT2D eigenvalue weighted by Crippen LogP contribution is 2.06. The molecule has 0 saturated carbocycles. The van der Waals surface area contributed by atoms with Gasteiger partial charge in [0.2, 0.25) is 0 Å². The van der Waals surface area contributed by atoms with E-state index in [1.54, 1.807) is 30.9 Å². The topological polar surface area (TPSA) is 76.4 Å². The molecule has 0 saturated heterocycles. The van der Waals surface area contributed by atoms with Crippen molar-refractivity contribution in [1.82, 2.24) is 10.2 Å². The molecule has 0 aromatic heterocycles. The third-order valence-electron chi connectivity index (χ3n) is 2.77. The van der Waals surface area contributed by atoms with Crippen molar-refractivity contribution in [2.24, 2.45) is 0 Å². The lowest BCUT2D eigenvalue weighted by atomic mass is 10.1. The Hall–Kier alpha value is -2.06. The van der Waals surface area contributed by atoms with E-state index in [1.807, 2.05) is 25.1 Å². The number of carbonyl (C=O) groups is 1. The number of nitriles is 1. The maximum Gasteiger partial charge on any atom is 0.317 e. The van der Waals surface area contributed by atoms with Crippen LogP contribution in [0.25, 0.3) is 0 Å². The first kappa shape index (κ1) is 16.0. The van der Waals surface area contributed by atoms with Crippen LogP contribution >= 0.6 is 0 Å². The van der Waals surface area contributed by atoms with Gasteiger partial charge in [0, 0.05) is 13.1 Å². The lowest BCUT2D eigenvalue weighted by Crippen LogP contribution is -2.46. The van der Waals surface area contributed by atoms with Crippen molar-refractivity contribution in [3.05, 3.63) is 35.4 Å². The Bertz CT molecular complexity index is 483. The summed E-state index contributed by atoms with van der Waals surface area (Å²) in [5.74, 6) is 0. The molecule has 0 spiro atoms. The summed E-state index contributed by atoms with van der Waals surface area (Å²) in [6.45, 7) is 6.42. The van der Waals surface area contributed by atoms with Crippen LogP contribution in [0.2, 0.25) is 0 Å². The second-order valence-electron chi connectivity index (χ2n) is 5.29. The second kappa shape index (κ2) is 6.92. The molecule has 108 valence electrons. The summed E-state index contributed by atoms with van der Waals surface area (Å²) < 4.78 is 0. The molecule has 0 aliphatic heterocycles.